The first-order valence-corrected chi connectivity index (χ1v) is 5.21. The van der Waals surface area contributed by atoms with Crippen molar-refractivity contribution in [1.82, 2.24) is 9.80 Å². The van der Waals surface area contributed by atoms with Crippen LogP contribution >= 0.6 is 24.0 Å². The lowest BCUT2D eigenvalue weighted by molar-refractivity contribution is 0.115. The van der Waals surface area contributed by atoms with Gasteiger partial charge in [0.2, 0.25) is 0 Å². The highest BCUT2D eigenvalue weighted by atomic mass is 127. The third-order valence-electron chi connectivity index (χ3n) is 3.04. The van der Waals surface area contributed by atoms with Crippen molar-refractivity contribution in [1.29, 1.82) is 0 Å². The van der Waals surface area contributed by atoms with Crippen molar-refractivity contribution in [3.63, 3.8) is 0 Å². The topological polar surface area (TPSA) is 6.48 Å². The third-order valence-corrected chi connectivity index (χ3v) is 3.04. The van der Waals surface area contributed by atoms with E-state index in [0.717, 1.165) is 13.1 Å². The summed E-state index contributed by atoms with van der Waals surface area (Å²) in [5.74, 6) is 0. The summed E-state index contributed by atoms with van der Waals surface area (Å²) in [6.45, 7) is 3.48. The Hall–Kier alpha value is -0.130. The number of piperazine rings is 1. The van der Waals surface area contributed by atoms with Gasteiger partial charge >= 0.3 is 0 Å². The quantitative estimate of drug-likeness (QED) is 0.733. The summed E-state index contributed by atoms with van der Waals surface area (Å²) in [5, 5.41) is 0. The summed E-state index contributed by atoms with van der Waals surface area (Å²) in [6, 6.07) is 11.3. The number of benzene rings is 1. The molecular weight excluding hydrogens is 299 g/mol. The smallest absolute Gasteiger partial charge is 0.0472 e. The van der Waals surface area contributed by atoms with Crippen LogP contribution < -0.4 is 0 Å². The average molecular weight is 318 g/mol. The van der Waals surface area contributed by atoms with E-state index in [1.54, 1.807) is 0 Å². The fraction of sp³-hybridized carbons (Fsp3) is 0.500. The zero-order valence-electron chi connectivity index (χ0n) is 9.39. The van der Waals surface area contributed by atoms with Gasteiger partial charge in [-0.3, -0.25) is 4.90 Å². The van der Waals surface area contributed by atoms with Gasteiger partial charge in [0.1, 0.15) is 0 Å². The molecule has 0 radical (unpaired) electrons. The summed E-state index contributed by atoms with van der Waals surface area (Å²) >= 11 is 0. The maximum atomic E-state index is 2.44. The Morgan fingerprint density at radius 2 is 1.73 bits per heavy atom. The fourth-order valence-corrected chi connectivity index (χ4v) is 2.05. The molecule has 3 heteroatoms. The molecule has 0 amide bonds. The van der Waals surface area contributed by atoms with Crippen LogP contribution in [0.3, 0.4) is 0 Å². The highest BCUT2D eigenvalue weighted by molar-refractivity contribution is 14.0. The molecular formula is C12H19IN2. The molecule has 84 valence electrons. The lowest BCUT2D eigenvalue weighted by Crippen LogP contribution is -2.44. The van der Waals surface area contributed by atoms with Gasteiger partial charge in [-0.25, -0.2) is 0 Å². The predicted molar refractivity (Wildman–Crippen MR) is 74.7 cm³/mol. The van der Waals surface area contributed by atoms with Crippen LogP contribution in [0.25, 0.3) is 0 Å². The zero-order chi connectivity index (χ0) is 9.97. The molecule has 1 aliphatic heterocycles. The first-order chi connectivity index (χ1) is 6.77. The molecule has 1 atom stereocenters. The Morgan fingerprint density at radius 1 is 1.07 bits per heavy atom. The van der Waals surface area contributed by atoms with E-state index in [1.807, 2.05) is 0 Å². The van der Waals surface area contributed by atoms with Crippen molar-refractivity contribution < 1.29 is 0 Å². The van der Waals surface area contributed by atoms with Crippen LogP contribution in [0.4, 0.5) is 0 Å². The molecule has 0 aliphatic carbocycles. The Bertz CT molecular complexity index is 289. The van der Waals surface area contributed by atoms with E-state index in [4.69, 9.17) is 0 Å². The number of hydrogen-bond acceptors (Lipinski definition) is 2. The van der Waals surface area contributed by atoms with E-state index in [1.165, 1.54) is 12.1 Å². The van der Waals surface area contributed by atoms with E-state index in [0.29, 0.717) is 6.04 Å². The minimum absolute atomic E-state index is 0. The van der Waals surface area contributed by atoms with Gasteiger partial charge in [-0.2, -0.15) is 0 Å². The van der Waals surface area contributed by atoms with Crippen LogP contribution in [0.2, 0.25) is 0 Å². The molecule has 0 bridgehead atoms. The molecule has 1 saturated heterocycles. The summed E-state index contributed by atoms with van der Waals surface area (Å²) in [5.41, 5.74) is 1.43. The highest BCUT2D eigenvalue weighted by Crippen LogP contribution is 2.22. The van der Waals surface area contributed by atoms with Crippen LogP contribution in [0, 0.1) is 0 Å². The molecule has 1 aromatic carbocycles. The van der Waals surface area contributed by atoms with Gasteiger partial charge < -0.3 is 4.90 Å². The van der Waals surface area contributed by atoms with Crippen LogP contribution in [-0.2, 0) is 0 Å². The molecule has 0 N–H and O–H groups in total. The number of likely N-dealkylation sites (N-methyl/N-ethyl adjacent to an activating group) is 2. The normalized spacial score (nSPS) is 23.5. The molecule has 2 rings (SSSR count). The van der Waals surface area contributed by atoms with Crippen LogP contribution in [0.5, 0.6) is 0 Å². The van der Waals surface area contributed by atoms with Crippen molar-refractivity contribution in [3.8, 4) is 0 Å². The molecule has 2 nitrogen and oxygen atoms in total. The molecule has 15 heavy (non-hydrogen) atoms. The standard InChI is InChI=1S/C12H18N2.HI/c1-13-8-9-14(2)12(10-13)11-6-4-3-5-7-11;/h3-7,12H,8-10H2,1-2H3;1H. The number of hydrogen-bond donors (Lipinski definition) is 0. The van der Waals surface area contributed by atoms with Gasteiger partial charge in [-0.15, -0.1) is 24.0 Å². The molecule has 0 saturated carbocycles. The van der Waals surface area contributed by atoms with E-state index >= 15 is 0 Å². The van der Waals surface area contributed by atoms with Gasteiger partial charge in [0.25, 0.3) is 0 Å². The highest BCUT2D eigenvalue weighted by Gasteiger charge is 2.22. The van der Waals surface area contributed by atoms with Crippen LogP contribution in [0.1, 0.15) is 11.6 Å². The Morgan fingerprint density at radius 3 is 2.40 bits per heavy atom. The second kappa shape index (κ2) is 5.82. The Labute approximate surface area is 109 Å². The van der Waals surface area contributed by atoms with Crippen LogP contribution in [-0.4, -0.2) is 43.5 Å². The van der Waals surface area contributed by atoms with E-state index in [-0.39, 0.29) is 24.0 Å². The van der Waals surface area contributed by atoms with Gasteiger partial charge in [0.15, 0.2) is 0 Å². The Balaban J connectivity index is 0.00000112. The van der Waals surface area contributed by atoms with Crippen molar-refractivity contribution >= 4 is 24.0 Å². The molecule has 1 heterocycles. The van der Waals surface area contributed by atoms with E-state index in [9.17, 15) is 0 Å². The molecule has 0 aromatic heterocycles. The van der Waals surface area contributed by atoms with Gasteiger partial charge in [0, 0.05) is 25.7 Å². The summed E-state index contributed by atoms with van der Waals surface area (Å²) < 4.78 is 0. The largest absolute Gasteiger partial charge is 0.303 e. The van der Waals surface area contributed by atoms with Crippen molar-refractivity contribution in [2.75, 3.05) is 33.7 Å². The second-order valence-electron chi connectivity index (χ2n) is 4.17. The number of rotatable bonds is 1. The molecule has 1 aliphatic rings. The predicted octanol–water partition coefficient (Wildman–Crippen LogP) is 2.22. The van der Waals surface area contributed by atoms with E-state index in [2.05, 4.69) is 54.2 Å². The Kier molecular flexibility index (Phi) is 5.02. The van der Waals surface area contributed by atoms with Gasteiger partial charge in [-0.1, -0.05) is 30.3 Å². The number of nitrogens with zero attached hydrogens (tertiary/aromatic N) is 2. The maximum Gasteiger partial charge on any atom is 0.0472 e. The third kappa shape index (κ3) is 3.16. The van der Waals surface area contributed by atoms with Gasteiger partial charge in [-0.05, 0) is 19.7 Å². The van der Waals surface area contributed by atoms with Gasteiger partial charge in [0.05, 0.1) is 0 Å². The average Bonchev–Trinajstić information content (AvgIpc) is 2.23. The number of halogens is 1. The first-order valence-electron chi connectivity index (χ1n) is 5.21. The first kappa shape index (κ1) is 12.9. The maximum absolute atomic E-state index is 2.44. The fourth-order valence-electron chi connectivity index (χ4n) is 2.05. The summed E-state index contributed by atoms with van der Waals surface area (Å²) in [7, 11) is 4.41. The van der Waals surface area contributed by atoms with Crippen LogP contribution in [0.15, 0.2) is 30.3 Å². The SMILES string of the molecule is CN1CCN(C)C(c2ccccc2)C1.I. The minimum atomic E-state index is 0. The summed E-state index contributed by atoms with van der Waals surface area (Å²) in [4.78, 5) is 4.84. The van der Waals surface area contributed by atoms with Crippen molar-refractivity contribution in [2.24, 2.45) is 0 Å². The second-order valence-corrected chi connectivity index (χ2v) is 4.17. The molecule has 1 unspecified atom stereocenters. The lowest BCUT2D eigenvalue weighted by atomic mass is 10.0. The monoisotopic (exact) mass is 318 g/mol. The molecule has 1 fully saturated rings. The van der Waals surface area contributed by atoms with E-state index < -0.39 is 0 Å². The van der Waals surface area contributed by atoms with Crippen molar-refractivity contribution in [3.05, 3.63) is 35.9 Å². The zero-order valence-corrected chi connectivity index (χ0v) is 11.7. The molecule has 0 spiro atoms. The van der Waals surface area contributed by atoms with Crippen molar-refractivity contribution in [2.45, 2.75) is 6.04 Å². The molecule has 1 aromatic rings. The summed E-state index contributed by atoms with van der Waals surface area (Å²) in [6.07, 6.45) is 0. The minimum Gasteiger partial charge on any atom is -0.303 e. The lowest BCUT2D eigenvalue weighted by Gasteiger charge is -2.37.